The van der Waals surface area contributed by atoms with Crippen molar-refractivity contribution in [2.75, 3.05) is 11.9 Å². The number of anilines is 1. The lowest BCUT2D eigenvalue weighted by Gasteiger charge is -2.12. The monoisotopic (exact) mass is 506 g/mol. The van der Waals surface area contributed by atoms with Crippen LogP contribution in [0.15, 0.2) is 84.2 Å². The van der Waals surface area contributed by atoms with Gasteiger partial charge >= 0.3 is 5.97 Å². The summed E-state index contributed by atoms with van der Waals surface area (Å²) in [6.07, 6.45) is 0. The second-order valence-corrected chi connectivity index (χ2v) is 9.66. The standard InChI is InChI=1S/C31H26N2O3S/c1-4-36-31(35)28-25(21-15-13-19(2)14-16-21)18-37-30(28)33-29(34)24-17-27(22-10-6-5-9-20(22)3)32-26-12-8-7-11-23(24)26/h5-18H,4H2,1-3H3,(H,33,34). The van der Waals surface area contributed by atoms with Crippen molar-refractivity contribution in [3.63, 3.8) is 0 Å². The number of hydrogen-bond donors (Lipinski definition) is 1. The lowest BCUT2D eigenvalue weighted by molar-refractivity contribution is 0.0529. The number of nitrogens with zero attached hydrogens (tertiary/aromatic N) is 1. The summed E-state index contributed by atoms with van der Waals surface area (Å²) in [5.41, 5.74) is 7.09. The van der Waals surface area contributed by atoms with Crippen LogP contribution in [-0.4, -0.2) is 23.5 Å². The quantitative estimate of drug-likeness (QED) is 0.240. The molecule has 0 aliphatic rings. The number of esters is 1. The summed E-state index contributed by atoms with van der Waals surface area (Å²) in [5.74, 6) is -0.772. The van der Waals surface area contributed by atoms with E-state index in [0.29, 0.717) is 16.1 Å². The molecule has 1 N–H and O–H groups in total. The molecule has 2 heterocycles. The van der Waals surface area contributed by atoms with Crippen molar-refractivity contribution in [1.29, 1.82) is 0 Å². The fraction of sp³-hybridized carbons (Fsp3) is 0.129. The van der Waals surface area contributed by atoms with Gasteiger partial charge < -0.3 is 10.1 Å². The Morgan fingerprint density at radius 3 is 2.41 bits per heavy atom. The van der Waals surface area contributed by atoms with Crippen LogP contribution >= 0.6 is 11.3 Å². The molecule has 0 spiro atoms. The minimum Gasteiger partial charge on any atom is -0.462 e. The molecule has 3 aromatic carbocycles. The molecule has 0 saturated heterocycles. The van der Waals surface area contributed by atoms with E-state index in [-0.39, 0.29) is 12.5 Å². The predicted octanol–water partition coefficient (Wildman–Crippen LogP) is 7.68. The van der Waals surface area contributed by atoms with Crippen LogP contribution in [0.2, 0.25) is 0 Å². The maximum absolute atomic E-state index is 13.7. The molecule has 0 bridgehead atoms. The first-order chi connectivity index (χ1) is 18.0. The topological polar surface area (TPSA) is 68.3 Å². The third-order valence-corrected chi connectivity index (χ3v) is 7.14. The average Bonchev–Trinajstić information content (AvgIpc) is 3.32. The number of carbonyl (C=O) groups is 2. The molecule has 2 aromatic heterocycles. The van der Waals surface area contributed by atoms with Crippen molar-refractivity contribution in [2.45, 2.75) is 20.8 Å². The highest BCUT2D eigenvalue weighted by atomic mass is 32.1. The van der Waals surface area contributed by atoms with Crippen molar-refractivity contribution >= 4 is 39.1 Å². The Kier molecular flexibility index (Phi) is 6.84. The zero-order valence-corrected chi connectivity index (χ0v) is 21.7. The van der Waals surface area contributed by atoms with Crippen LogP contribution in [0.4, 0.5) is 5.00 Å². The molecule has 0 atom stereocenters. The van der Waals surface area contributed by atoms with Gasteiger partial charge in [0.05, 0.1) is 23.4 Å². The van der Waals surface area contributed by atoms with E-state index < -0.39 is 5.97 Å². The van der Waals surface area contributed by atoms with Crippen LogP contribution < -0.4 is 5.32 Å². The highest BCUT2D eigenvalue weighted by Gasteiger charge is 2.24. The molecule has 5 nitrogen and oxygen atoms in total. The largest absolute Gasteiger partial charge is 0.462 e. The molecule has 5 rings (SSSR count). The second kappa shape index (κ2) is 10.4. The number of pyridine rings is 1. The smallest absolute Gasteiger partial charge is 0.341 e. The molecule has 0 unspecified atom stereocenters. The number of aromatic nitrogens is 1. The number of ether oxygens (including phenoxy) is 1. The molecule has 0 radical (unpaired) electrons. The number of rotatable bonds is 6. The van der Waals surface area contributed by atoms with Crippen molar-refractivity contribution < 1.29 is 14.3 Å². The minimum atomic E-state index is -0.463. The van der Waals surface area contributed by atoms with E-state index >= 15 is 0 Å². The van der Waals surface area contributed by atoms with E-state index in [2.05, 4.69) is 5.32 Å². The molecular formula is C31H26N2O3S. The molecule has 184 valence electrons. The number of benzene rings is 3. The van der Waals surface area contributed by atoms with Gasteiger partial charge in [-0.05, 0) is 44.0 Å². The average molecular weight is 507 g/mol. The Balaban J connectivity index is 1.59. The second-order valence-electron chi connectivity index (χ2n) is 8.78. The van der Waals surface area contributed by atoms with Crippen molar-refractivity contribution in [2.24, 2.45) is 0 Å². The van der Waals surface area contributed by atoms with Crippen molar-refractivity contribution in [3.05, 3.63) is 106 Å². The molecule has 0 aliphatic carbocycles. The maximum Gasteiger partial charge on any atom is 0.341 e. The van der Waals surface area contributed by atoms with Crippen molar-refractivity contribution in [1.82, 2.24) is 4.98 Å². The summed E-state index contributed by atoms with van der Waals surface area (Å²) >= 11 is 1.31. The van der Waals surface area contributed by atoms with Gasteiger partial charge in [0.15, 0.2) is 0 Å². The first-order valence-electron chi connectivity index (χ1n) is 12.1. The number of hydrogen-bond acceptors (Lipinski definition) is 5. The molecule has 5 aromatic rings. The van der Waals surface area contributed by atoms with Crippen LogP contribution in [0.3, 0.4) is 0 Å². The van der Waals surface area contributed by atoms with E-state index in [1.165, 1.54) is 11.3 Å². The van der Waals surface area contributed by atoms with Crippen LogP contribution in [-0.2, 0) is 4.74 Å². The number of amides is 1. The zero-order valence-electron chi connectivity index (χ0n) is 20.9. The summed E-state index contributed by atoms with van der Waals surface area (Å²) in [4.78, 5) is 31.6. The predicted molar refractivity (Wildman–Crippen MR) is 150 cm³/mol. The van der Waals surface area contributed by atoms with E-state index in [1.54, 1.807) is 6.92 Å². The fourth-order valence-electron chi connectivity index (χ4n) is 4.33. The summed E-state index contributed by atoms with van der Waals surface area (Å²) in [7, 11) is 0. The van der Waals surface area contributed by atoms with Crippen molar-refractivity contribution in [3.8, 4) is 22.4 Å². The molecule has 0 aliphatic heterocycles. The molecule has 6 heteroatoms. The van der Waals surface area contributed by atoms with E-state index in [4.69, 9.17) is 9.72 Å². The summed E-state index contributed by atoms with van der Waals surface area (Å²) < 4.78 is 5.37. The molecule has 0 saturated carbocycles. The third kappa shape index (κ3) is 4.88. The Morgan fingerprint density at radius 2 is 1.65 bits per heavy atom. The lowest BCUT2D eigenvalue weighted by atomic mass is 10.0. The number of fused-ring (bicyclic) bond motifs is 1. The van der Waals surface area contributed by atoms with Gasteiger partial charge in [-0.15, -0.1) is 11.3 Å². The van der Waals surface area contributed by atoms with Gasteiger partial charge in [-0.1, -0.05) is 72.3 Å². The highest BCUT2D eigenvalue weighted by molar-refractivity contribution is 7.15. The molecule has 37 heavy (non-hydrogen) atoms. The number of carbonyl (C=O) groups excluding carboxylic acids is 2. The number of para-hydroxylation sites is 1. The van der Waals surface area contributed by atoms with E-state index in [9.17, 15) is 9.59 Å². The first-order valence-corrected chi connectivity index (χ1v) is 13.0. The fourth-order valence-corrected chi connectivity index (χ4v) is 5.29. The molecular weight excluding hydrogens is 480 g/mol. The third-order valence-electron chi connectivity index (χ3n) is 6.24. The van der Waals surface area contributed by atoms with Gasteiger partial charge in [-0.2, -0.15) is 0 Å². The molecule has 0 fully saturated rings. The first kappa shape index (κ1) is 24.4. The summed E-state index contributed by atoms with van der Waals surface area (Å²) in [6, 6.07) is 25.3. The Morgan fingerprint density at radius 1 is 0.919 bits per heavy atom. The van der Waals surface area contributed by atoms with Crippen LogP contribution in [0.1, 0.15) is 38.8 Å². The van der Waals surface area contributed by atoms with Gasteiger partial charge in [0.1, 0.15) is 10.6 Å². The van der Waals surface area contributed by atoms with Crippen LogP contribution in [0.25, 0.3) is 33.3 Å². The molecule has 1 amide bonds. The van der Waals surface area contributed by atoms with Gasteiger partial charge in [0.2, 0.25) is 0 Å². The van der Waals surface area contributed by atoms with Gasteiger partial charge in [0.25, 0.3) is 5.91 Å². The normalized spacial score (nSPS) is 10.9. The Bertz CT molecular complexity index is 1620. The van der Waals surface area contributed by atoms with Crippen LogP contribution in [0, 0.1) is 13.8 Å². The summed E-state index contributed by atoms with van der Waals surface area (Å²) in [6.45, 7) is 6.05. The summed E-state index contributed by atoms with van der Waals surface area (Å²) in [5, 5.41) is 6.09. The van der Waals surface area contributed by atoms with E-state index in [1.807, 2.05) is 98.1 Å². The minimum absolute atomic E-state index is 0.240. The highest BCUT2D eigenvalue weighted by Crippen LogP contribution is 2.37. The van der Waals surface area contributed by atoms with Gasteiger partial charge in [-0.3, -0.25) is 4.79 Å². The Labute approximate surface area is 219 Å². The maximum atomic E-state index is 13.7. The number of aryl methyl sites for hydroxylation is 2. The SMILES string of the molecule is CCOC(=O)c1c(-c2ccc(C)cc2)csc1NC(=O)c1cc(-c2ccccc2C)nc2ccccc12. The Hall–Kier alpha value is -4.29. The van der Waals surface area contributed by atoms with Gasteiger partial charge in [-0.25, -0.2) is 9.78 Å². The number of thiophene rings is 1. The van der Waals surface area contributed by atoms with E-state index in [0.717, 1.165) is 44.4 Å². The lowest BCUT2D eigenvalue weighted by Crippen LogP contribution is -2.15. The number of nitrogens with one attached hydrogen (secondary N) is 1. The van der Waals surface area contributed by atoms with Gasteiger partial charge in [0, 0.05) is 21.9 Å². The van der Waals surface area contributed by atoms with Crippen LogP contribution in [0.5, 0.6) is 0 Å². The zero-order chi connectivity index (χ0) is 25.9.